The summed E-state index contributed by atoms with van der Waals surface area (Å²) in [5.41, 5.74) is 3.91. The Morgan fingerprint density at radius 1 is 1.10 bits per heavy atom. The molecule has 0 saturated heterocycles. The molecule has 1 aliphatic heterocycles. The lowest BCUT2D eigenvalue weighted by molar-refractivity contribution is -0.118. The van der Waals surface area contributed by atoms with Crippen LogP contribution in [0.3, 0.4) is 0 Å². The Bertz CT molecular complexity index is 1020. The number of anilines is 1. The van der Waals surface area contributed by atoms with E-state index in [1.54, 1.807) is 21.3 Å². The lowest BCUT2D eigenvalue weighted by atomic mass is 9.69. The summed E-state index contributed by atoms with van der Waals surface area (Å²) >= 11 is 0. The SMILES string of the molecule is COc1ccc([C@H]2C3=C(CC(C)(C)CC3=O)Nc3onc(C)c32)c(OC)c1OC. The maximum atomic E-state index is 13.3. The number of aromatic nitrogens is 1. The van der Waals surface area contributed by atoms with E-state index in [-0.39, 0.29) is 17.1 Å². The van der Waals surface area contributed by atoms with Crippen molar-refractivity contribution in [3.63, 3.8) is 0 Å². The largest absolute Gasteiger partial charge is 0.493 e. The molecule has 0 unspecified atom stereocenters. The van der Waals surface area contributed by atoms with Crippen LogP contribution in [0.1, 0.15) is 49.4 Å². The summed E-state index contributed by atoms with van der Waals surface area (Å²) in [4.78, 5) is 13.3. The highest BCUT2D eigenvalue weighted by atomic mass is 16.5. The van der Waals surface area contributed by atoms with Crippen LogP contribution in [0.2, 0.25) is 0 Å². The van der Waals surface area contributed by atoms with E-state index in [4.69, 9.17) is 18.7 Å². The molecule has 2 aliphatic rings. The number of carbonyl (C=O) groups is 1. The van der Waals surface area contributed by atoms with Gasteiger partial charge < -0.3 is 24.1 Å². The Morgan fingerprint density at radius 3 is 2.48 bits per heavy atom. The van der Waals surface area contributed by atoms with Gasteiger partial charge in [-0.2, -0.15) is 0 Å². The third-order valence-electron chi connectivity index (χ3n) is 5.72. The van der Waals surface area contributed by atoms with E-state index >= 15 is 0 Å². The number of fused-ring (bicyclic) bond motifs is 1. The number of Topliss-reactive ketones (excluding diaryl/α,β-unsaturated/α-hetero) is 1. The van der Waals surface area contributed by atoms with Crippen molar-refractivity contribution in [1.82, 2.24) is 5.16 Å². The van der Waals surface area contributed by atoms with Gasteiger partial charge in [0, 0.05) is 23.3 Å². The third-order valence-corrected chi connectivity index (χ3v) is 5.72. The molecular weight excluding hydrogens is 372 g/mol. The summed E-state index contributed by atoms with van der Waals surface area (Å²) in [5.74, 6) is 1.94. The van der Waals surface area contributed by atoms with Crippen LogP contribution in [0.5, 0.6) is 17.2 Å². The Kier molecular flexibility index (Phi) is 4.56. The predicted molar refractivity (Wildman–Crippen MR) is 108 cm³/mol. The van der Waals surface area contributed by atoms with Gasteiger partial charge in [0.05, 0.1) is 38.5 Å². The van der Waals surface area contributed by atoms with Crippen molar-refractivity contribution >= 4 is 11.7 Å². The van der Waals surface area contributed by atoms with Crippen LogP contribution >= 0.6 is 0 Å². The van der Waals surface area contributed by atoms with Gasteiger partial charge in [0.15, 0.2) is 17.3 Å². The van der Waals surface area contributed by atoms with E-state index in [9.17, 15) is 4.79 Å². The summed E-state index contributed by atoms with van der Waals surface area (Å²) < 4.78 is 22.3. The molecule has 154 valence electrons. The van der Waals surface area contributed by atoms with Gasteiger partial charge in [-0.05, 0) is 24.8 Å². The van der Waals surface area contributed by atoms with Crippen LogP contribution < -0.4 is 19.5 Å². The van der Waals surface area contributed by atoms with Gasteiger partial charge in [0.25, 0.3) is 0 Å². The molecule has 7 nitrogen and oxygen atoms in total. The molecule has 0 bridgehead atoms. The number of hydrogen-bond acceptors (Lipinski definition) is 7. The topological polar surface area (TPSA) is 82.8 Å². The highest BCUT2D eigenvalue weighted by Gasteiger charge is 2.44. The van der Waals surface area contributed by atoms with Gasteiger partial charge >= 0.3 is 0 Å². The Balaban J connectivity index is 2.00. The molecule has 1 aromatic heterocycles. The number of carbonyl (C=O) groups excluding carboxylic acids is 1. The number of ether oxygens (including phenoxy) is 3. The molecular formula is C22H26N2O5. The Hall–Kier alpha value is -2.96. The smallest absolute Gasteiger partial charge is 0.233 e. The first-order valence-corrected chi connectivity index (χ1v) is 9.59. The normalized spacial score (nSPS) is 19.9. The minimum Gasteiger partial charge on any atom is -0.493 e. The molecule has 1 aliphatic carbocycles. The lowest BCUT2D eigenvalue weighted by Crippen LogP contribution is -2.33. The fourth-order valence-electron chi connectivity index (χ4n) is 4.53. The van der Waals surface area contributed by atoms with Gasteiger partial charge in [-0.25, -0.2) is 0 Å². The maximum Gasteiger partial charge on any atom is 0.233 e. The summed E-state index contributed by atoms with van der Waals surface area (Å²) in [5, 5.41) is 7.48. The number of aryl methyl sites for hydroxylation is 1. The number of ketones is 1. The van der Waals surface area contributed by atoms with E-state index in [1.165, 1.54) is 0 Å². The van der Waals surface area contributed by atoms with E-state index in [2.05, 4.69) is 24.3 Å². The minimum atomic E-state index is -0.356. The second-order valence-corrected chi connectivity index (χ2v) is 8.33. The lowest BCUT2D eigenvalue weighted by Gasteiger charge is -2.38. The van der Waals surface area contributed by atoms with E-state index in [1.807, 2.05) is 19.1 Å². The van der Waals surface area contributed by atoms with Crippen molar-refractivity contribution in [2.45, 2.75) is 39.5 Å². The van der Waals surface area contributed by atoms with E-state index < -0.39 is 0 Å². The molecule has 0 amide bonds. The highest BCUT2D eigenvalue weighted by Crippen LogP contribution is 2.53. The van der Waals surface area contributed by atoms with Crippen molar-refractivity contribution in [1.29, 1.82) is 0 Å². The fraction of sp³-hybridized carbons (Fsp3) is 0.455. The molecule has 29 heavy (non-hydrogen) atoms. The maximum absolute atomic E-state index is 13.3. The average molecular weight is 398 g/mol. The summed E-state index contributed by atoms with van der Waals surface area (Å²) in [6.07, 6.45) is 1.23. The number of hydrogen-bond donors (Lipinski definition) is 1. The number of nitrogens with one attached hydrogen (secondary N) is 1. The van der Waals surface area contributed by atoms with Gasteiger partial charge in [-0.3, -0.25) is 4.79 Å². The van der Waals surface area contributed by atoms with Crippen molar-refractivity contribution in [2.24, 2.45) is 5.41 Å². The molecule has 1 aromatic carbocycles. The zero-order valence-electron chi connectivity index (χ0n) is 17.6. The second kappa shape index (κ2) is 6.83. The molecule has 0 fully saturated rings. The van der Waals surface area contributed by atoms with Crippen LogP contribution in [0.4, 0.5) is 5.88 Å². The van der Waals surface area contributed by atoms with Crippen molar-refractivity contribution in [2.75, 3.05) is 26.6 Å². The summed E-state index contributed by atoms with van der Waals surface area (Å²) in [6.45, 7) is 6.08. The monoisotopic (exact) mass is 398 g/mol. The molecule has 2 heterocycles. The average Bonchev–Trinajstić information content (AvgIpc) is 3.04. The first-order valence-electron chi connectivity index (χ1n) is 9.59. The highest BCUT2D eigenvalue weighted by molar-refractivity contribution is 6.01. The molecule has 4 rings (SSSR count). The van der Waals surface area contributed by atoms with Crippen LogP contribution in [0.25, 0.3) is 0 Å². The molecule has 2 aromatic rings. The zero-order chi connectivity index (χ0) is 20.9. The minimum absolute atomic E-state index is 0.122. The van der Waals surface area contributed by atoms with Gasteiger partial charge in [-0.15, -0.1) is 0 Å². The fourth-order valence-corrected chi connectivity index (χ4v) is 4.53. The number of benzene rings is 1. The molecule has 7 heteroatoms. The summed E-state index contributed by atoms with van der Waals surface area (Å²) in [7, 11) is 4.74. The van der Waals surface area contributed by atoms with Crippen molar-refractivity contribution < 1.29 is 23.5 Å². The van der Waals surface area contributed by atoms with Crippen molar-refractivity contribution in [3.8, 4) is 17.2 Å². The predicted octanol–water partition coefficient (Wildman–Crippen LogP) is 4.21. The molecule has 1 N–H and O–H groups in total. The van der Waals surface area contributed by atoms with Gasteiger partial charge in [0.1, 0.15) is 0 Å². The molecule has 0 radical (unpaired) electrons. The number of nitrogens with zero attached hydrogens (tertiary/aromatic N) is 1. The number of methoxy groups -OCH3 is 3. The Morgan fingerprint density at radius 2 is 1.83 bits per heavy atom. The van der Waals surface area contributed by atoms with Crippen LogP contribution in [0.15, 0.2) is 27.9 Å². The van der Waals surface area contributed by atoms with Gasteiger partial charge in [-0.1, -0.05) is 25.1 Å². The second-order valence-electron chi connectivity index (χ2n) is 8.33. The van der Waals surface area contributed by atoms with Crippen LogP contribution in [-0.4, -0.2) is 32.3 Å². The van der Waals surface area contributed by atoms with Crippen molar-refractivity contribution in [3.05, 3.63) is 40.2 Å². The Labute approximate surface area is 170 Å². The summed E-state index contributed by atoms with van der Waals surface area (Å²) in [6, 6.07) is 3.75. The molecule has 1 atom stereocenters. The zero-order valence-corrected chi connectivity index (χ0v) is 17.6. The number of allylic oxidation sites excluding steroid dienone is 2. The standard InChI is InChI=1S/C22H26N2O5/c1-11-16-17(12-7-8-15(26-4)20(28-6)19(12)27-5)18-13(23-21(16)29-24-11)9-22(2,3)10-14(18)25/h7-8,17,23H,9-10H2,1-6H3/t17-/m1/s1. The van der Waals surface area contributed by atoms with Crippen LogP contribution in [0, 0.1) is 12.3 Å². The first-order chi connectivity index (χ1) is 13.8. The number of rotatable bonds is 4. The molecule has 0 saturated carbocycles. The quantitative estimate of drug-likeness (QED) is 0.826. The molecule has 0 spiro atoms. The van der Waals surface area contributed by atoms with E-state index in [0.29, 0.717) is 29.6 Å². The van der Waals surface area contributed by atoms with Crippen LogP contribution in [-0.2, 0) is 4.79 Å². The third kappa shape index (κ3) is 2.96. The van der Waals surface area contributed by atoms with Gasteiger partial charge in [0.2, 0.25) is 11.6 Å². The van der Waals surface area contributed by atoms with E-state index in [0.717, 1.165) is 34.5 Å². The first kappa shape index (κ1) is 19.4.